The zero-order valence-electron chi connectivity index (χ0n) is 16.8. The number of sulfonamides is 1. The monoisotopic (exact) mass is 465 g/mol. The average Bonchev–Trinajstić information content (AvgIpc) is 2.74. The lowest BCUT2D eigenvalue weighted by Crippen LogP contribution is -2.39. The first-order chi connectivity index (χ1) is 14.7. The molecule has 0 aliphatic carbocycles. The topological polar surface area (TPSA) is 134 Å². The lowest BCUT2D eigenvalue weighted by Gasteiger charge is -2.31. The van der Waals surface area contributed by atoms with Gasteiger partial charge in [-0.2, -0.15) is 0 Å². The van der Waals surface area contributed by atoms with Crippen LogP contribution < -0.4 is 15.8 Å². The molecule has 1 saturated heterocycles. The van der Waals surface area contributed by atoms with Crippen LogP contribution in [0.2, 0.25) is 5.02 Å². The Morgan fingerprint density at radius 2 is 1.77 bits per heavy atom. The molecule has 166 valence electrons. The number of halogens is 1. The maximum absolute atomic E-state index is 12.4. The largest absolute Gasteiger partial charge is 0.326 e. The quantitative estimate of drug-likeness (QED) is 0.572. The Labute approximate surface area is 186 Å². The number of piperidine rings is 1. The van der Waals surface area contributed by atoms with Crippen molar-refractivity contribution >= 4 is 44.9 Å². The third kappa shape index (κ3) is 7.00. The summed E-state index contributed by atoms with van der Waals surface area (Å²) < 4.78 is 22.5. The highest BCUT2D eigenvalue weighted by molar-refractivity contribution is 7.89. The summed E-state index contributed by atoms with van der Waals surface area (Å²) in [4.78, 5) is 30.8. The number of pyridine rings is 1. The molecule has 1 fully saturated rings. The number of carbonyl (C=O) groups excluding carboxylic acids is 2. The van der Waals surface area contributed by atoms with Crippen LogP contribution in [0.1, 0.15) is 19.3 Å². The molecule has 2 aromatic rings. The number of nitrogens with two attached hydrogens (primary N) is 1. The molecule has 0 radical (unpaired) electrons. The third-order valence-corrected chi connectivity index (χ3v) is 6.21. The first-order valence-electron chi connectivity index (χ1n) is 9.78. The van der Waals surface area contributed by atoms with Gasteiger partial charge >= 0.3 is 0 Å². The molecular formula is C20H24ClN5O4S. The van der Waals surface area contributed by atoms with Crippen molar-refractivity contribution in [3.8, 4) is 0 Å². The van der Waals surface area contributed by atoms with E-state index >= 15 is 0 Å². The van der Waals surface area contributed by atoms with Crippen LogP contribution in [0.3, 0.4) is 0 Å². The highest BCUT2D eigenvalue weighted by atomic mass is 35.5. The van der Waals surface area contributed by atoms with Gasteiger partial charge in [-0.3, -0.25) is 9.59 Å². The van der Waals surface area contributed by atoms with Gasteiger partial charge in [0.2, 0.25) is 21.8 Å². The van der Waals surface area contributed by atoms with Crippen LogP contribution in [0.4, 0.5) is 11.5 Å². The van der Waals surface area contributed by atoms with Gasteiger partial charge in [-0.1, -0.05) is 11.6 Å². The van der Waals surface area contributed by atoms with Gasteiger partial charge in [-0.05, 0) is 62.3 Å². The van der Waals surface area contributed by atoms with E-state index in [1.807, 2.05) is 0 Å². The van der Waals surface area contributed by atoms with Gasteiger partial charge in [0.1, 0.15) is 5.82 Å². The maximum Gasteiger partial charge on any atom is 0.238 e. The molecule has 31 heavy (non-hydrogen) atoms. The van der Waals surface area contributed by atoms with Gasteiger partial charge in [-0.25, -0.2) is 18.5 Å². The van der Waals surface area contributed by atoms with E-state index in [1.165, 1.54) is 30.5 Å². The lowest BCUT2D eigenvalue weighted by molar-refractivity contribution is -0.121. The van der Waals surface area contributed by atoms with E-state index in [2.05, 4.69) is 20.5 Å². The summed E-state index contributed by atoms with van der Waals surface area (Å²) in [5, 5.41) is 11.1. The minimum atomic E-state index is -3.76. The molecule has 0 atom stereocenters. The summed E-state index contributed by atoms with van der Waals surface area (Å²) in [6.45, 7) is 2.03. The molecule has 0 unspecified atom stereocenters. The SMILES string of the molecule is NS(=O)(=O)c1ccc(NC(=O)CCN2CCC(C(=O)Nc3ccc(Cl)cn3)CC2)cc1. The Balaban J connectivity index is 1.39. The van der Waals surface area contributed by atoms with Crippen LogP contribution >= 0.6 is 11.6 Å². The fourth-order valence-electron chi connectivity index (χ4n) is 3.31. The summed E-state index contributed by atoms with van der Waals surface area (Å²) in [5.74, 6) is 0.151. The number of benzene rings is 1. The summed E-state index contributed by atoms with van der Waals surface area (Å²) in [7, 11) is -3.76. The Morgan fingerprint density at radius 1 is 1.10 bits per heavy atom. The number of nitrogens with zero attached hydrogens (tertiary/aromatic N) is 2. The Hall–Kier alpha value is -2.53. The van der Waals surface area contributed by atoms with Crippen LogP contribution in [-0.4, -0.2) is 49.8 Å². The number of nitrogens with one attached hydrogen (secondary N) is 2. The lowest BCUT2D eigenvalue weighted by atomic mass is 9.96. The van der Waals surface area contributed by atoms with Gasteiger partial charge in [-0.15, -0.1) is 0 Å². The Morgan fingerprint density at radius 3 is 2.35 bits per heavy atom. The van der Waals surface area contributed by atoms with Crippen molar-refractivity contribution in [2.45, 2.75) is 24.2 Å². The molecule has 9 nitrogen and oxygen atoms in total. The van der Waals surface area contributed by atoms with Crippen LogP contribution in [0.15, 0.2) is 47.5 Å². The molecule has 2 heterocycles. The summed E-state index contributed by atoms with van der Waals surface area (Å²) >= 11 is 5.80. The number of hydrogen-bond donors (Lipinski definition) is 3. The van der Waals surface area contributed by atoms with Crippen LogP contribution in [0.5, 0.6) is 0 Å². The van der Waals surface area contributed by atoms with Crippen molar-refractivity contribution in [3.63, 3.8) is 0 Å². The van der Waals surface area contributed by atoms with E-state index in [4.69, 9.17) is 16.7 Å². The van der Waals surface area contributed by atoms with Gasteiger partial charge in [0.05, 0.1) is 9.92 Å². The molecule has 0 saturated carbocycles. The zero-order chi connectivity index (χ0) is 22.4. The minimum Gasteiger partial charge on any atom is -0.326 e. The number of likely N-dealkylation sites (tertiary alicyclic amines) is 1. The molecule has 11 heteroatoms. The van der Waals surface area contributed by atoms with Crippen LogP contribution in [-0.2, 0) is 19.6 Å². The fourth-order valence-corrected chi connectivity index (χ4v) is 3.94. The van der Waals surface area contributed by atoms with Crippen LogP contribution in [0, 0.1) is 5.92 Å². The zero-order valence-corrected chi connectivity index (χ0v) is 18.3. The van der Waals surface area contributed by atoms with Crippen LogP contribution in [0.25, 0.3) is 0 Å². The van der Waals surface area contributed by atoms with Crippen molar-refractivity contribution in [1.29, 1.82) is 0 Å². The molecule has 2 amide bonds. The molecule has 3 rings (SSSR count). The summed E-state index contributed by atoms with van der Waals surface area (Å²) in [6.07, 6.45) is 3.19. The second-order valence-corrected chi connectivity index (χ2v) is 9.33. The predicted molar refractivity (Wildman–Crippen MR) is 118 cm³/mol. The van der Waals surface area contributed by atoms with Crippen molar-refractivity contribution in [1.82, 2.24) is 9.88 Å². The average molecular weight is 466 g/mol. The summed E-state index contributed by atoms with van der Waals surface area (Å²) in [5.41, 5.74) is 0.503. The first-order valence-corrected chi connectivity index (χ1v) is 11.7. The maximum atomic E-state index is 12.4. The molecule has 1 aliphatic rings. The van der Waals surface area contributed by atoms with Gasteiger partial charge in [0.25, 0.3) is 0 Å². The smallest absolute Gasteiger partial charge is 0.238 e. The van der Waals surface area contributed by atoms with E-state index < -0.39 is 10.0 Å². The number of hydrogen-bond acceptors (Lipinski definition) is 6. The molecular weight excluding hydrogens is 442 g/mol. The number of primary sulfonamides is 1. The highest BCUT2D eigenvalue weighted by Crippen LogP contribution is 2.20. The number of aromatic nitrogens is 1. The molecule has 1 aromatic carbocycles. The molecule has 4 N–H and O–H groups in total. The van der Waals surface area contributed by atoms with Crippen molar-refractivity contribution in [2.75, 3.05) is 30.3 Å². The molecule has 0 spiro atoms. The number of anilines is 2. The van der Waals surface area contributed by atoms with E-state index in [9.17, 15) is 18.0 Å². The minimum absolute atomic E-state index is 0.00995. The first kappa shape index (κ1) is 23.1. The second kappa shape index (κ2) is 10.2. The van der Waals surface area contributed by atoms with Gasteiger partial charge in [0.15, 0.2) is 0 Å². The predicted octanol–water partition coefficient (Wildman–Crippen LogP) is 2.06. The summed E-state index contributed by atoms with van der Waals surface area (Å²) in [6, 6.07) is 9.03. The molecule has 0 bridgehead atoms. The van der Waals surface area contributed by atoms with E-state index in [0.717, 1.165) is 13.1 Å². The Kier molecular flexibility index (Phi) is 7.60. The van der Waals surface area contributed by atoms with E-state index in [0.29, 0.717) is 42.3 Å². The van der Waals surface area contributed by atoms with Gasteiger partial charge < -0.3 is 15.5 Å². The number of amides is 2. The van der Waals surface area contributed by atoms with Crippen molar-refractivity contribution in [3.05, 3.63) is 47.6 Å². The van der Waals surface area contributed by atoms with Crippen molar-refractivity contribution in [2.24, 2.45) is 11.1 Å². The highest BCUT2D eigenvalue weighted by Gasteiger charge is 2.25. The van der Waals surface area contributed by atoms with E-state index in [1.54, 1.807) is 12.1 Å². The molecule has 1 aromatic heterocycles. The van der Waals surface area contributed by atoms with Crippen molar-refractivity contribution < 1.29 is 18.0 Å². The Bertz CT molecular complexity index is 1020. The standard InChI is InChI=1S/C20H24ClN5O4S/c21-15-1-6-18(23-13-15)25-20(28)14-7-10-26(11-8-14)12-9-19(27)24-16-2-4-17(5-3-16)31(22,29)30/h1-6,13-14H,7-12H2,(H,24,27)(H2,22,29,30)(H,23,25,28). The number of carbonyl (C=O) groups is 2. The van der Waals surface area contributed by atoms with Gasteiger partial charge in [0, 0.05) is 30.8 Å². The fraction of sp³-hybridized carbons (Fsp3) is 0.350. The van der Waals surface area contributed by atoms with E-state index in [-0.39, 0.29) is 22.6 Å². The molecule has 1 aliphatic heterocycles. The third-order valence-electron chi connectivity index (χ3n) is 5.06. The second-order valence-electron chi connectivity index (χ2n) is 7.33. The normalized spacial score (nSPS) is 15.4. The number of rotatable bonds is 7.